The number of alkyl halides is 3. The maximum absolute atomic E-state index is 13.3. The van der Waals surface area contributed by atoms with Crippen LogP contribution < -0.4 is 20.5 Å². The maximum atomic E-state index is 13.3. The molecule has 1 amide bonds. The molecule has 0 fully saturated rings. The summed E-state index contributed by atoms with van der Waals surface area (Å²) in [5.74, 6) is 0.200. The van der Waals surface area contributed by atoms with Crippen molar-refractivity contribution in [2.75, 3.05) is 13.7 Å². The van der Waals surface area contributed by atoms with Gasteiger partial charge in [-0.15, -0.1) is 0 Å². The number of ether oxygens (including phenoxy) is 2. The number of amides is 1. The van der Waals surface area contributed by atoms with Crippen molar-refractivity contribution in [3.05, 3.63) is 106 Å². The van der Waals surface area contributed by atoms with Gasteiger partial charge in [0.05, 0.1) is 25.8 Å². The maximum Gasteiger partial charge on any atom is 0.389 e. The van der Waals surface area contributed by atoms with E-state index in [1.165, 1.54) is 0 Å². The standard InChI is InChI=1S/C32H34F3N5O5/c1-22-5-9-24(10-6-22)28(41)19-31(2,25-11-15-27(16-12-25)45-18-4-17-32(33,34)35)36-29(42)21-40-30(43)39(37-38-40)20-23-7-13-26(44-3)14-8-23/h5-16H,4,17-21H2,1-3H3,(H,36,42)/t31-/m1/s1. The van der Waals surface area contributed by atoms with Crippen molar-refractivity contribution in [2.24, 2.45) is 0 Å². The summed E-state index contributed by atoms with van der Waals surface area (Å²) in [5.41, 5.74) is 0.961. The zero-order valence-corrected chi connectivity index (χ0v) is 25.1. The number of ketones is 1. The van der Waals surface area contributed by atoms with E-state index in [9.17, 15) is 27.6 Å². The van der Waals surface area contributed by atoms with E-state index in [4.69, 9.17) is 9.47 Å². The number of hydrogen-bond donors (Lipinski definition) is 1. The third-order valence-corrected chi connectivity index (χ3v) is 7.15. The Bertz CT molecular complexity index is 1650. The SMILES string of the molecule is COc1ccc(Cn2nnn(CC(=O)N[C@](C)(CC(=O)c3ccc(C)cc3)c3ccc(OCCCC(F)(F)F)cc3)c2=O)cc1. The molecule has 0 spiro atoms. The summed E-state index contributed by atoms with van der Waals surface area (Å²) in [6, 6.07) is 20.5. The number of benzene rings is 3. The minimum Gasteiger partial charge on any atom is -0.497 e. The summed E-state index contributed by atoms with van der Waals surface area (Å²) in [7, 11) is 1.55. The molecule has 1 heterocycles. The van der Waals surface area contributed by atoms with Crippen LogP contribution in [0.3, 0.4) is 0 Å². The van der Waals surface area contributed by atoms with E-state index in [0.29, 0.717) is 22.6 Å². The van der Waals surface area contributed by atoms with Crippen LogP contribution in [-0.2, 0) is 23.4 Å². The van der Waals surface area contributed by atoms with Crippen molar-refractivity contribution in [2.45, 2.75) is 57.9 Å². The lowest BCUT2D eigenvalue weighted by atomic mass is 9.85. The number of tetrazole rings is 1. The number of rotatable bonds is 14. The fourth-order valence-corrected chi connectivity index (χ4v) is 4.65. The molecule has 0 unspecified atom stereocenters. The molecule has 238 valence electrons. The number of nitrogens with one attached hydrogen (secondary N) is 1. The third kappa shape index (κ3) is 9.27. The third-order valence-electron chi connectivity index (χ3n) is 7.15. The van der Waals surface area contributed by atoms with Crippen LogP contribution in [0, 0.1) is 6.92 Å². The van der Waals surface area contributed by atoms with Crippen LogP contribution >= 0.6 is 0 Å². The summed E-state index contributed by atoms with van der Waals surface area (Å²) < 4.78 is 50.0. The molecule has 0 radical (unpaired) electrons. The Morgan fingerprint density at radius 3 is 2.13 bits per heavy atom. The van der Waals surface area contributed by atoms with E-state index in [2.05, 4.69) is 15.7 Å². The first-order valence-electron chi connectivity index (χ1n) is 14.2. The topological polar surface area (TPSA) is 117 Å². The van der Waals surface area contributed by atoms with E-state index in [-0.39, 0.29) is 31.8 Å². The summed E-state index contributed by atoms with van der Waals surface area (Å²) in [5, 5.41) is 10.6. The number of Topliss-reactive ketones (excluding diaryl/α,β-unsaturated/α-hetero) is 1. The second kappa shape index (κ2) is 14.2. The zero-order chi connectivity index (χ0) is 32.6. The first-order chi connectivity index (χ1) is 21.3. The number of aryl methyl sites for hydroxylation is 1. The Kier molecular flexibility index (Phi) is 10.4. The summed E-state index contributed by atoms with van der Waals surface area (Å²) >= 11 is 0. The first kappa shape index (κ1) is 33.0. The van der Waals surface area contributed by atoms with E-state index >= 15 is 0 Å². The van der Waals surface area contributed by atoms with Gasteiger partial charge < -0.3 is 14.8 Å². The lowest BCUT2D eigenvalue weighted by Gasteiger charge is -2.31. The predicted molar refractivity (Wildman–Crippen MR) is 159 cm³/mol. The number of hydrogen-bond acceptors (Lipinski definition) is 7. The summed E-state index contributed by atoms with van der Waals surface area (Å²) in [4.78, 5) is 39.5. The molecule has 0 bridgehead atoms. The fourth-order valence-electron chi connectivity index (χ4n) is 4.65. The Morgan fingerprint density at radius 2 is 1.51 bits per heavy atom. The minimum absolute atomic E-state index is 0.118. The van der Waals surface area contributed by atoms with E-state index in [0.717, 1.165) is 20.5 Å². The molecule has 0 aliphatic heterocycles. The quantitative estimate of drug-likeness (QED) is 0.158. The van der Waals surface area contributed by atoms with Crippen molar-refractivity contribution in [1.82, 2.24) is 25.1 Å². The highest BCUT2D eigenvalue weighted by molar-refractivity contribution is 5.97. The van der Waals surface area contributed by atoms with Crippen molar-refractivity contribution in [1.29, 1.82) is 0 Å². The number of carbonyl (C=O) groups excluding carboxylic acids is 2. The smallest absolute Gasteiger partial charge is 0.389 e. The van der Waals surface area contributed by atoms with Gasteiger partial charge in [0.1, 0.15) is 18.0 Å². The number of aromatic nitrogens is 4. The number of nitrogens with zero attached hydrogens (tertiary/aromatic N) is 4. The van der Waals surface area contributed by atoms with Crippen LogP contribution in [0.2, 0.25) is 0 Å². The largest absolute Gasteiger partial charge is 0.497 e. The Morgan fingerprint density at radius 1 is 0.889 bits per heavy atom. The number of carbonyl (C=O) groups is 2. The van der Waals surface area contributed by atoms with Gasteiger partial charge in [-0.25, -0.2) is 4.79 Å². The van der Waals surface area contributed by atoms with Crippen LogP contribution in [0.25, 0.3) is 0 Å². The molecule has 13 heteroatoms. The van der Waals surface area contributed by atoms with E-state index in [1.54, 1.807) is 74.7 Å². The molecular weight excluding hydrogens is 591 g/mol. The Balaban J connectivity index is 1.49. The number of halogens is 3. The second-order valence-electron chi connectivity index (χ2n) is 10.9. The van der Waals surface area contributed by atoms with Gasteiger partial charge in [-0.1, -0.05) is 54.1 Å². The van der Waals surface area contributed by atoms with Crippen molar-refractivity contribution in [3.63, 3.8) is 0 Å². The van der Waals surface area contributed by atoms with E-state index in [1.807, 2.05) is 19.1 Å². The molecule has 1 atom stereocenters. The molecule has 4 aromatic rings. The van der Waals surface area contributed by atoms with Gasteiger partial charge >= 0.3 is 11.9 Å². The molecule has 0 saturated heterocycles. The lowest BCUT2D eigenvalue weighted by molar-refractivity contribution is -0.136. The second-order valence-corrected chi connectivity index (χ2v) is 10.9. The first-order valence-corrected chi connectivity index (χ1v) is 14.2. The fraction of sp³-hybridized carbons (Fsp3) is 0.344. The average Bonchev–Trinajstić information content (AvgIpc) is 3.33. The Hall–Kier alpha value is -4.94. The van der Waals surface area contributed by atoms with Gasteiger partial charge in [0.15, 0.2) is 5.78 Å². The highest BCUT2D eigenvalue weighted by Gasteiger charge is 2.32. The molecule has 3 aromatic carbocycles. The zero-order valence-electron chi connectivity index (χ0n) is 25.1. The van der Waals surface area contributed by atoms with Crippen LogP contribution in [0.1, 0.15) is 53.2 Å². The van der Waals surface area contributed by atoms with Crippen LogP contribution in [0.5, 0.6) is 11.5 Å². The van der Waals surface area contributed by atoms with Crippen molar-refractivity contribution >= 4 is 11.7 Å². The van der Waals surface area contributed by atoms with Crippen molar-refractivity contribution in [3.8, 4) is 11.5 Å². The molecule has 45 heavy (non-hydrogen) atoms. The monoisotopic (exact) mass is 625 g/mol. The number of methoxy groups -OCH3 is 1. The molecule has 0 saturated carbocycles. The lowest BCUT2D eigenvalue weighted by Crippen LogP contribution is -2.47. The van der Waals surface area contributed by atoms with Crippen LogP contribution in [0.4, 0.5) is 13.2 Å². The molecule has 4 rings (SSSR count). The summed E-state index contributed by atoms with van der Waals surface area (Å²) in [6.07, 6.45) is -5.51. The predicted octanol–water partition coefficient (Wildman–Crippen LogP) is 4.83. The summed E-state index contributed by atoms with van der Waals surface area (Å²) in [6.45, 7) is 3.15. The van der Waals surface area contributed by atoms with Crippen molar-refractivity contribution < 1.29 is 32.2 Å². The van der Waals surface area contributed by atoms with Gasteiger partial charge in [0.25, 0.3) is 0 Å². The van der Waals surface area contributed by atoms with Gasteiger partial charge in [0.2, 0.25) is 5.91 Å². The van der Waals surface area contributed by atoms with Gasteiger partial charge in [0, 0.05) is 18.4 Å². The van der Waals surface area contributed by atoms with Gasteiger partial charge in [-0.3, -0.25) is 9.59 Å². The minimum atomic E-state index is -4.26. The van der Waals surface area contributed by atoms with Crippen LogP contribution in [-0.4, -0.2) is 51.4 Å². The molecule has 0 aliphatic carbocycles. The highest BCUT2D eigenvalue weighted by Crippen LogP contribution is 2.29. The van der Waals surface area contributed by atoms with Crippen LogP contribution in [0.15, 0.2) is 77.6 Å². The highest BCUT2D eigenvalue weighted by atomic mass is 19.4. The molecule has 1 N–H and O–H groups in total. The van der Waals surface area contributed by atoms with Gasteiger partial charge in [-0.05, 0) is 66.1 Å². The van der Waals surface area contributed by atoms with E-state index < -0.39 is 36.3 Å². The normalized spacial score (nSPS) is 12.8. The Labute approximate surface area is 257 Å². The average molecular weight is 626 g/mol. The molecule has 0 aliphatic rings. The molecule has 10 nitrogen and oxygen atoms in total. The molecule has 1 aromatic heterocycles. The molecular formula is C32H34F3N5O5. The van der Waals surface area contributed by atoms with Gasteiger partial charge in [-0.2, -0.15) is 22.5 Å².